The van der Waals surface area contributed by atoms with E-state index in [9.17, 15) is 33.5 Å². The number of rotatable bonds is 7. The molecule has 1 atom stereocenters. The van der Waals surface area contributed by atoms with Gasteiger partial charge in [-0.1, -0.05) is 17.7 Å². The minimum Gasteiger partial charge on any atom is -0.491 e. The van der Waals surface area contributed by atoms with Gasteiger partial charge in [-0.25, -0.2) is 0 Å². The van der Waals surface area contributed by atoms with E-state index < -0.39 is 33.4 Å². The van der Waals surface area contributed by atoms with Gasteiger partial charge < -0.3 is 19.8 Å². The summed E-state index contributed by atoms with van der Waals surface area (Å²) in [6.07, 6.45) is -5.08. The van der Waals surface area contributed by atoms with Gasteiger partial charge in [-0.2, -0.15) is 13.2 Å². The molecular weight excluding hydrogens is 453 g/mol. The number of halogens is 4. The summed E-state index contributed by atoms with van der Waals surface area (Å²) in [4.78, 5) is 12.0. The monoisotopic (exact) mass is 474 g/mol. The third-order valence-electron chi connectivity index (χ3n) is 5.45. The van der Waals surface area contributed by atoms with Crippen LogP contribution in [0.25, 0.3) is 0 Å². The van der Waals surface area contributed by atoms with E-state index >= 15 is 0 Å². The number of hydrogen-bond donors (Lipinski definition) is 2. The van der Waals surface area contributed by atoms with Crippen LogP contribution in [0.15, 0.2) is 42.5 Å². The van der Waals surface area contributed by atoms with Crippen LogP contribution in [0.3, 0.4) is 0 Å². The third kappa shape index (κ3) is 5.89. The average molecular weight is 475 g/mol. The van der Waals surface area contributed by atoms with Crippen molar-refractivity contribution in [3.8, 4) is 5.75 Å². The van der Waals surface area contributed by atoms with E-state index in [0.717, 1.165) is 12.1 Å². The molecule has 0 aliphatic carbocycles. The number of aliphatic hydroxyl groups is 2. The normalized spacial score (nSPS) is 17.7. The molecule has 2 aromatic rings. The molecule has 3 rings (SSSR count). The zero-order chi connectivity index (χ0) is 23.5. The summed E-state index contributed by atoms with van der Waals surface area (Å²) in [6, 6.07) is 8.91. The summed E-state index contributed by atoms with van der Waals surface area (Å²) in [6.45, 7) is 0.951. The van der Waals surface area contributed by atoms with Crippen molar-refractivity contribution >= 4 is 17.3 Å². The van der Waals surface area contributed by atoms with Gasteiger partial charge in [0, 0.05) is 31.8 Å². The number of piperidine rings is 1. The van der Waals surface area contributed by atoms with Crippen LogP contribution in [0, 0.1) is 10.1 Å². The molecule has 32 heavy (non-hydrogen) atoms. The summed E-state index contributed by atoms with van der Waals surface area (Å²) >= 11 is 5.66. The highest BCUT2D eigenvalue weighted by Crippen LogP contribution is 2.39. The molecule has 7 nitrogen and oxygen atoms in total. The van der Waals surface area contributed by atoms with Crippen molar-refractivity contribution in [1.82, 2.24) is 4.90 Å². The molecule has 1 aliphatic heterocycles. The Balaban J connectivity index is 1.52. The zero-order valence-electron chi connectivity index (χ0n) is 16.9. The van der Waals surface area contributed by atoms with E-state index in [1.807, 2.05) is 4.90 Å². The van der Waals surface area contributed by atoms with Gasteiger partial charge >= 0.3 is 6.18 Å². The second kappa shape index (κ2) is 9.62. The van der Waals surface area contributed by atoms with Crippen molar-refractivity contribution in [3.63, 3.8) is 0 Å². The standard InChI is InChI=1S/C21H22ClF3N2O5/c22-19-6-1-14(11-18(19)21(23,24)25)20(29)7-9-26(10-8-20)12-16(28)13-32-17-4-2-15(3-5-17)27(30)31/h1-6,11,16,28-29H,7-10,12-13H2. The first-order chi connectivity index (χ1) is 15.0. The summed E-state index contributed by atoms with van der Waals surface area (Å²) < 4.78 is 44.8. The number of likely N-dealkylation sites (tertiary alicyclic amines) is 1. The van der Waals surface area contributed by atoms with Gasteiger partial charge in [0.25, 0.3) is 5.69 Å². The molecule has 2 N–H and O–H groups in total. The molecule has 1 fully saturated rings. The van der Waals surface area contributed by atoms with Crippen LogP contribution in [0.5, 0.6) is 5.75 Å². The number of nitro benzene ring substituents is 1. The highest BCUT2D eigenvalue weighted by atomic mass is 35.5. The number of ether oxygens (including phenoxy) is 1. The minimum absolute atomic E-state index is 0.0370. The lowest BCUT2D eigenvalue weighted by atomic mass is 9.83. The number of benzene rings is 2. The maximum atomic E-state index is 13.1. The lowest BCUT2D eigenvalue weighted by Crippen LogP contribution is -2.46. The summed E-state index contributed by atoms with van der Waals surface area (Å²) in [5, 5.41) is 31.4. The van der Waals surface area contributed by atoms with E-state index in [4.69, 9.17) is 16.3 Å². The number of β-amino-alcohol motifs (C(OH)–C–C–N with tert-alkyl or cyclic N) is 1. The lowest BCUT2D eigenvalue weighted by molar-refractivity contribution is -0.384. The quantitative estimate of drug-likeness (QED) is 0.465. The van der Waals surface area contributed by atoms with Gasteiger partial charge in [0.05, 0.1) is 21.1 Å². The van der Waals surface area contributed by atoms with E-state index in [0.29, 0.717) is 18.8 Å². The van der Waals surface area contributed by atoms with E-state index in [-0.39, 0.29) is 37.2 Å². The molecule has 2 aromatic carbocycles. The number of nitro groups is 1. The Bertz CT molecular complexity index is 947. The second-order valence-electron chi connectivity index (χ2n) is 7.74. The molecule has 1 heterocycles. The Morgan fingerprint density at radius 3 is 2.38 bits per heavy atom. The first kappa shape index (κ1) is 24.2. The summed E-state index contributed by atoms with van der Waals surface area (Å²) in [5.74, 6) is 0.380. The van der Waals surface area contributed by atoms with Crippen molar-refractivity contribution < 1.29 is 33.0 Å². The summed E-state index contributed by atoms with van der Waals surface area (Å²) in [5.41, 5.74) is -2.30. The van der Waals surface area contributed by atoms with Gasteiger partial charge in [-0.15, -0.1) is 0 Å². The molecular formula is C21H22ClF3N2O5. The predicted molar refractivity (Wildman–Crippen MR) is 111 cm³/mol. The highest BCUT2D eigenvalue weighted by molar-refractivity contribution is 6.31. The maximum absolute atomic E-state index is 13.1. The number of non-ortho nitro benzene ring substituents is 1. The van der Waals surface area contributed by atoms with Crippen LogP contribution >= 0.6 is 11.6 Å². The topological polar surface area (TPSA) is 96.1 Å². The molecule has 174 valence electrons. The van der Waals surface area contributed by atoms with Crippen molar-refractivity contribution in [1.29, 1.82) is 0 Å². The first-order valence-corrected chi connectivity index (χ1v) is 10.2. The Morgan fingerprint density at radius 2 is 1.81 bits per heavy atom. The maximum Gasteiger partial charge on any atom is 0.417 e. The van der Waals surface area contributed by atoms with Crippen LogP contribution in [0.4, 0.5) is 18.9 Å². The van der Waals surface area contributed by atoms with Crippen LogP contribution in [-0.2, 0) is 11.8 Å². The van der Waals surface area contributed by atoms with E-state index in [2.05, 4.69) is 0 Å². The van der Waals surface area contributed by atoms with Crippen LogP contribution < -0.4 is 4.74 Å². The molecule has 11 heteroatoms. The van der Waals surface area contributed by atoms with Gasteiger partial charge in [-0.05, 0) is 42.7 Å². The van der Waals surface area contributed by atoms with Gasteiger partial charge in [0.15, 0.2) is 0 Å². The smallest absolute Gasteiger partial charge is 0.417 e. The molecule has 0 bridgehead atoms. The number of alkyl halides is 3. The number of aliphatic hydroxyl groups excluding tert-OH is 1. The predicted octanol–water partition coefficient (Wildman–Crippen LogP) is 3.99. The Morgan fingerprint density at radius 1 is 1.19 bits per heavy atom. The molecule has 0 radical (unpaired) electrons. The fraction of sp³-hybridized carbons (Fsp3) is 0.429. The van der Waals surface area contributed by atoms with Crippen molar-refractivity contribution in [2.45, 2.75) is 30.7 Å². The van der Waals surface area contributed by atoms with Crippen LogP contribution in [-0.4, -0.2) is 52.4 Å². The molecule has 0 amide bonds. The molecule has 1 aliphatic rings. The van der Waals surface area contributed by atoms with Crippen molar-refractivity contribution in [3.05, 3.63) is 68.7 Å². The van der Waals surface area contributed by atoms with Gasteiger partial charge in [0.1, 0.15) is 18.5 Å². The van der Waals surface area contributed by atoms with Gasteiger partial charge in [-0.3, -0.25) is 10.1 Å². The fourth-order valence-electron chi connectivity index (χ4n) is 3.63. The minimum atomic E-state index is -4.61. The largest absolute Gasteiger partial charge is 0.491 e. The van der Waals surface area contributed by atoms with Crippen molar-refractivity contribution in [2.75, 3.05) is 26.2 Å². The SMILES string of the molecule is O=[N+]([O-])c1ccc(OCC(O)CN2CCC(O)(c3ccc(Cl)c(C(F)(F)F)c3)CC2)cc1. The molecule has 0 aromatic heterocycles. The first-order valence-electron chi connectivity index (χ1n) is 9.85. The third-order valence-corrected chi connectivity index (χ3v) is 5.78. The molecule has 1 unspecified atom stereocenters. The zero-order valence-corrected chi connectivity index (χ0v) is 17.6. The Hall–Kier alpha value is -2.40. The average Bonchev–Trinajstić information content (AvgIpc) is 2.73. The van der Waals surface area contributed by atoms with E-state index in [1.54, 1.807) is 0 Å². The Kier molecular flexibility index (Phi) is 7.29. The molecule has 0 saturated carbocycles. The van der Waals surface area contributed by atoms with Gasteiger partial charge in [0.2, 0.25) is 0 Å². The van der Waals surface area contributed by atoms with Crippen molar-refractivity contribution in [2.24, 2.45) is 0 Å². The van der Waals surface area contributed by atoms with Crippen LogP contribution in [0.2, 0.25) is 5.02 Å². The lowest BCUT2D eigenvalue weighted by Gasteiger charge is -2.39. The second-order valence-corrected chi connectivity index (χ2v) is 8.15. The number of hydrogen-bond acceptors (Lipinski definition) is 6. The Labute approximate surface area is 187 Å². The summed E-state index contributed by atoms with van der Waals surface area (Å²) in [7, 11) is 0. The number of nitrogens with zero attached hydrogens (tertiary/aromatic N) is 2. The van der Waals surface area contributed by atoms with Crippen LogP contribution in [0.1, 0.15) is 24.0 Å². The van der Waals surface area contributed by atoms with E-state index in [1.165, 1.54) is 30.3 Å². The molecule has 0 spiro atoms. The molecule has 1 saturated heterocycles. The fourth-order valence-corrected chi connectivity index (χ4v) is 3.86. The highest BCUT2D eigenvalue weighted by Gasteiger charge is 2.38.